The summed E-state index contributed by atoms with van der Waals surface area (Å²) in [6, 6.07) is 15.1. The molecule has 0 aromatic heterocycles. The summed E-state index contributed by atoms with van der Waals surface area (Å²) in [5.74, 6) is 0. The summed E-state index contributed by atoms with van der Waals surface area (Å²) in [6.07, 6.45) is 0.790. The first kappa shape index (κ1) is 15.2. The molecule has 0 aliphatic rings. The van der Waals surface area contributed by atoms with Crippen molar-refractivity contribution in [1.29, 1.82) is 5.26 Å². The third-order valence-corrected chi connectivity index (χ3v) is 4.62. The van der Waals surface area contributed by atoms with Crippen molar-refractivity contribution in [3.8, 4) is 6.07 Å². The highest BCUT2D eigenvalue weighted by atomic mass is 79.9. The Morgan fingerprint density at radius 1 is 1.10 bits per heavy atom. The molecule has 0 bridgehead atoms. The Hall–Kier alpha value is -1.15. The van der Waals surface area contributed by atoms with E-state index in [1.807, 2.05) is 24.3 Å². The van der Waals surface area contributed by atoms with Gasteiger partial charge in [-0.1, -0.05) is 50.1 Å². The largest absolute Gasteiger partial charge is 0.388 e. The van der Waals surface area contributed by atoms with Crippen LogP contribution in [0.15, 0.2) is 51.4 Å². The second-order valence-electron chi connectivity index (χ2n) is 4.49. The van der Waals surface area contributed by atoms with Gasteiger partial charge in [0, 0.05) is 8.95 Å². The van der Waals surface area contributed by atoms with Crippen molar-refractivity contribution in [2.24, 2.45) is 0 Å². The molecule has 0 spiro atoms. The van der Waals surface area contributed by atoms with Crippen molar-refractivity contribution in [3.63, 3.8) is 0 Å². The summed E-state index contributed by atoms with van der Waals surface area (Å²) in [7, 11) is 0. The fourth-order valence-corrected chi connectivity index (χ4v) is 3.43. The molecule has 4 heteroatoms. The van der Waals surface area contributed by atoms with E-state index in [-0.39, 0.29) is 0 Å². The van der Waals surface area contributed by atoms with Crippen molar-refractivity contribution in [2.75, 3.05) is 0 Å². The van der Waals surface area contributed by atoms with Crippen molar-refractivity contribution < 1.29 is 5.11 Å². The molecule has 1 unspecified atom stereocenters. The molecule has 1 atom stereocenters. The van der Waals surface area contributed by atoms with Crippen molar-refractivity contribution in [1.82, 2.24) is 0 Å². The number of benzene rings is 2. The van der Waals surface area contributed by atoms with Gasteiger partial charge in [-0.25, -0.2) is 0 Å². The number of nitrogens with zero attached hydrogens (tertiary/aromatic N) is 1. The Morgan fingerprint density at radius 3 is 2.40 bits per heavy atom. The van der Waals surface area contributed by atoms with Gasteiger partial charge < -0.3 is 5.11 Å². The van der Waals surface area contributed by atoms with Gasteiger partial charge in [-0.2, -0.15) is 5.26 Å². The number of aliphatic hydroxyl groups excluding tert-OH is 1. The zero-order valence-electron chi connectivity index (χ0n) is 10.7. The standard InChI is InChI=1S/C16H13Br2NO/c17-14-5-2-6-15(18)13(14)7-8-16(20)12-4-1-3-11(9-12)10-19/h1-6,9,16,20H,7-8H2. The van der Waals surface area contributed by atoms with Crippen LogP contribution in [0.4, 0.5) is 0 Å². The monoisotopic (exact) mass is 393 g/mol. The number of nitriles is 1. The quantitative estimate of drug-likeness (QED) is 0.812. The Kier molecular flexibility index (Phi) is 5.36. The minimum Gasteiger partial charge on any atom is -0.388 e. The molecular weight excluding hydrogens is 382 g/mol. The van der Waals surface area contributed by atoms with E-state index in [1.165, 1.54) is 0 Å². The highest BCUT2D eigenvalue weighted by Gasteiger charge is 2.11. The molecule has 1 N–H and O–H groups in total. The van der Waals surface area contributed by atoms with Gasteiger partial charge in [-0.15, -0.1) is 0 Å². The van der Waals surface area contributed by atoms with Crippen LogP contribution in [-0.4, -0.2) is 5.11 Å². The van der Waals surface area contributed by atoms with Gasteiger partial charge in [0.2, 0.25) is 0 Å². The second kappa shape index (κ2) is 7.03. The molecule has 2 rings (SSSR count). The van der Waals surface area contributed by atoms with Crippen LogP contribution in [-0.2, 0) is 6.42 Å². The predicted molar refractivity (Wildman–Crippen MR) is 86.3 cm³/mol. The smallest absolute Gasteiger partial charge is 0.0991 e. The lowest BCUT2D eigenvalue weighted by Gasteiger charge is -2.13. The van der Waals surface area contributed by atoms with Crippen LogP contribution in [0.1, 0.15) is 29.2 Å². The molecule has 102 valence electrons. The Morgan fingerprint density at radius 2 is 1.75 bits per heavy atom. The van der Waals surface area contributed by atoms with E-state index in [4.69, 9.17) is 5.26 Å². The zero-order valence-corrected chi connectivity index (χ0v) is 13.9. The van der Waals surface area contributed by atoms with Gasteiger partial charge >= 0.3 is 0 Å². The lowest BCUT2D eigenvalue weighted by molar-refractivity contribution is 0.167. The van der Waals surface area contributed by atoms with Gasteiger partial charge in [-0.05, 0) is 48.2 Å². The van der Waals surface area contributed by atoms with Gasteiger partial charge in [0.1, 0.15) is 0 Å². The summed E-state index contributed by atoms with van der Waals surface area (Å²) >= 11 is 7.04. The second-order valence-corrected chi connectivity index (χ2v) is 6.20. The van der Waals surface area contributed by atoms with E-state index in [0.717, 1.165) is 26.5 Å². The Bertz CT molecular complexity index is 629. The van der Waals surface area contributed by atoms with E-state index in [0.29, 0.717) is 12.0 Å². The molecule has 2 aromatic carbocycles. The highest BCUT2D eigenvalue weighted by Crippen LogP contribution is 2.29. The lowest BCUT2D eigenvalue weighted by Crippen LogP contribution is -2.01. The first-order chi connectivity index (χ1) is 9.61. The van der Waals surface area contributed by atoms with Gasteiger partial charge in [0.15, 0.2) is 0 Å². The third kappa shape index (κ3) is 3.69. The molecule has 2 aromatic rings. The average molecular weight is 395 g/mol. The molecule has 20 heavy (non-hydrogen) atoms. The lowest BCUT2D eigenvalue weighted by atomic mass is 10.00. The first-order valence-corrected chi connectivity index (χ1v) is 7.81. The Labute approximate surface area is 135 Å². The van der Waals surface area contributed by atoms with Crippen LogP contribution in [0.2, 0.25) is 0 Å². The van der Waals surface area contributed by atoms with Crippen LogP contribution in [0.3, 0.4) is 0 Å². The van der Waals surface area contributed by atoms with E-state index in [9.17, 15) is 5.11 Å². The third-order valence-electron chi connectivity index (χ3n) is 3.13. The van der Waals surface area contributed by atoms with Crippen LogP contribution >= 0.6 is 31.9 Å². The maximum absolute atomic E-state index is 10.2. The maximum Gasteiger partial charge on any atom is 0.0991 e. The van der Waals surface area contributed by atoms with E-state index >= 15 is 0 Å². The minimum atomic E-state index is -0.567. The normalized spacial score (nSPS) is 11.9. The summed E-state index contributed by atoms with van der Waals surface area (Å²) in [5.41, 5.74) is 2.50. The molecule has 0 radical (unpaired) electrons. The molecule has 0 amide bonds. The molecule has 0 saturated heterocycles. The minimum absolute atomic E-state index is 0.567. The fraction of sp³-hybridized carbons (Fsp3) is 0.188. The summed E-state index contributed by atoms with van der Waals surface area (Å²) < 4.78 is 2.06. The average Bonchev–Trinajstić information content (AvgIpc) is 2.46. The first-order valence-electron chi connectivity index (χ1n) is 6.23. The topological polar surface area (TPSA) is 44.0 Å². The van der Waals surface area contributed by atoms with Crippen LogP contribution in [0.25, 0.3) is 0 Å². The molecule has 0 aliphatic carbocycles. The van der Waals surface area contributed by atoms with Crippen LogP contribution < -0.4 is 0 Å². The van der Waals surface area contributed by atoms with Crippen molar-refractivity contribution >= 4 is 31.9 Å². The predicted octanol–water partition coefficient (Wildman–Crippen LogP) is 4.75. The number of rotatable bonds is 4. The molecule has 0 saturated carbocycles. The highest BCUT2D eigenvalue weighted by molar-refractivity contribution is 9.11. The van der Waals surface area contributed by atoms with Crippen LogP contribution in [0.5, 0.6) is 0 Å². The molecule has 2 nitrogen and oxygen atoms in total. The molecule has 0 aliphatic heterocycles. The van der Waals surface area contributed by atoms with Crippen molar-refractivity contribution in [3.05, 3.63) is 68.1 Å². The number of hydrogen-bond donors (Lipinski definition) is 1. The fourth-order valence-electron chi connectivity index (χ4n) is 2.03. The molecule has 0 fully saturated rings. The summed E-state index contributed by atoms with van der Waals surface area (Å²) in [6.45, 7) is 0. The SMILES string of the molecule is N#Cc1cccc(C(O)CCc2c(Br)cccc2Br)c1. The van der Waals surface area contributed by atoms with Gasteiger partial charge in [0.05, 0.1) is 17.7 Å². The van der Waals surface area contributed by atoms with Crippen LogP contribution in [0, 0.1) is 11.3 Å². The van der Waals surface area contributed by atoms with E-state index in [2.05, 4.69) is 37.9 Å². The van der Waals surface area contributed by atoms with Gasteiger partial charge in [-0.3, -0.25) is 0 Å². The molecular formula is C16H13Br2NO. The van der Waals surface area contributed by atoms with E-state index < -0.39 is 6.10 Å². The number of hydrogen-bond acceptors (Lipinski definition) is 2. The van der Waals surface area contributed by atoms with Crippen molar-refractivity contribution in [2.45, 2.75) is 18.9 Å². The summed E-state index contributed by atoms with van der Waals surface area (Å²) in [5, 5.41) is 19.1. The van der Waals surface area contributed by atoms with Gasteiger partial charge in [0.25, 0.3) is 0 Å². The Balaban J connectivity index is 2.09. The number of aliphatic hydroxyl groups is 1. The number of halogens is 2. The van der Waals surface area contributed by atoms with E-state index in [1.54, 1.807) is 18.2 Å². The summed E-state index contributed by atoms with van der Waals surface area (Å²) in [4.78, 5) is 0. The maximum atomic E-state index is 10.2. The zero-order chi connectivity index (χ0) is 14.5. The molecule has 0 heterocycles.